The summed E-state index contributed by atoms with van der Waals surface area (Å²) in [6.45, 7) is 2.02. The molecule has 0 amide bonds. The first-order chi connectivity index (χ1) is 9.64. The Bertz CT molecular complexity index is 418. The van der Waals surface area contributed by atoms with Crippen LogP contribution in [0.3, 0.4) is 0 Å². The largest absolute Gasteiger partial charge is 0.416 e. The molecule has 1 nitrogen and oxygen atoms in total. The normalized spacial score (nSPS) is 12.7. The van der Waals surface area contributed by atoms with Crippen LogP contribution in [0.2, 0.25) is 0 Å². The van der Waals surface area contributed by atoms with Crippen LogP contribution < -0.4 is 0 Å². The molecule has 0 atom stereocenters. The number of alkyl halides is 6. The van der Waals surface area contributed by atoms with Crippen LogP contribution in [0, 0.1) is 0 Å². The van der Waals surface area contributed by atoms with Gasteiger partial charge in [0.2, 0.25) is 0 Å². The first kappa shape index (κ1) is 17.8. The molecule has 0 aliphatic carbocycles. The number of rotatable bonds is 6. The molecule has 7 heteroatoms. The Morgan fingerprint density at radius 1 is 0.857 bits per heavy atom. The van der Waals surface area contributed by atoms with Gasteiger partial charge in [-0.1, -0.05) is 19.8 Å². The van der Waals surface area contributed by atoms with Crippen LogP contribution in [0.5, 0.6) is 0 Å². The minimum Gasteiger partial charge on any atom is -0.377 e. The van der Waals surface area contributed by atoms with E-state index in [4.69, 9.17) is 4.74 Å². The van der Waals surface area contributed by atoms with Crippen molar-refractivity contribution in [2.24, 2.45) is 0 Å². The van der Waals surface area contributed by atoms with Gasteiger partial charge >= 0.3 is 12.4 Å². The summed E-state index contributed by atoms with van der Waals surface area (Å²) in [7, 11) is 0. The molecule has 0 radical (unpaired) electrons. The predicted octanol–water partition coefficient (Wildman–Crippen LogP) is 5.43. The zero-order chi connectivity index (χ0) is 16.1. The lowest BCUT2D eigenvalue weighted by molar-refractivity contribution is -0.143. The predicted molar refractivity (Wildman–Crippen MR) is 65.6 cm³/mol. The highest BCUT2D eigenvalue weighted by molar-refractivity contribution is 5.33. The van der Waals surface area contributed by atoms with E-state index in [0.29, 0.717) is 18.7 Å². The summed E-state index contributed by atoms with van der Waals surface area (Å²) in [6, 6.07) is 1.49. The third-order valence-corrected chi connectivity index (χ3v) is 2.81. The SMILES string of the molecule is CCCCCOCc1cc(C(F)(F)F)cc(C(F)(F)F)c1. The maximum Gasteiger partial charge on any atom is 0.416 e. The molecule has 0 bridgehead atoms. The Hall–Kier alpha value is -1.24. The van der Waals surface area contributed by atoms with E-state index in [-0.39, 0.29) is 18.2 Å². The van der Waals surface area contributed by atoms with Crippen LogP contribution in [-0.4, -0.2) is 6.61 Å². The minimum absolute atomic E-state index is 0.112. The molecule has 1 aromatic carbocycles. The summed E-state index contributed by atoms with van der Waals surface area (Å²) in [5.41, 5.74) is -2.76. The molecular weight excluding hydrogens is 298 g/mol. The molecule has 0 aromatic heterocycles. The van der Waals surface area contributed by atoms with Gasteiger partial charge in [-0.3, -0.25) is 0 Å². The van der Waals surface area contributed by atoms with E-state index in [1.807, 2.05) is 6.92 Å². The number of unbranched alkanes of at least 4 members (excludes halogenated alkanes) is 2. The molecule has 0 heterocycles. The van der Waals surface area contributed by atoms with E-state index in [1.54, 1.807) is 0 Å². The van der Waals surface area contributed by atoms with Crippen LogP contribution in [0.1, 0.15) is 42.9 Å². The Morgan fingerprint density at radius 2 is 1.38 bits per heavy atom. The Morgan fingerprint density at radius 3 is 1.81 bits per heavy atom. The van der Waals surface area contributed by atoms with Crippen LogP contribution in [0.4, 0.5) is 26.3 Å². The minimum atomic E-state index is -4.82. The smallest absolute Gasteiger partial charge is 0.377 e. The van der Waals surface area contributed by atoms with Gasteiger partial charge in [0.25, 0.3) is 0 Å². The van der Waals surface area contributed by atoms with E-state index in [0.717, 1.165) is 19.3 Å². The molecule has 21 heavy (non-hydrogen) atoms. The van der Waals surface area contributed by atoms with Crippen molar-refractivity contribution in [1.29, 1.82) is 0 Å². The van der Waals surface area contributed by atoms with Crippen molar-refractivity contribution in [2.45, 2.75) is 45.1 Å². The lowest BCUT2D eigenvalue weighted by Crippen LogP contribution is -2.12. The van der Waals surface area contributed by atoms with Crippen LogP contribution in [-0.2, 0) is 23.7 Å². The highest BCUT2D eigenvalue weighted by Crippen LogP contribution is 2.36. The second-order valence-corrected chi connectivity index (χ2v) is 4.67. The van der Waals surface area contributed by atoms with Gasteiger partial charge in [-0.05, 0) is 30.2 Å². The fourth-order valence-corrected chi connectivity index (χ4v) is 1.75. The van der Waals surface area contributed by atoms with E-state index >= 15 is 0 Å². The number of hydrogen-bond donors (Lipinski definition) is 0. The molecule has 0 fully saturated rings. The Kier molecular flexibility index (Phi) is 6.07. The van der Waals surface area contributed by atoms with Crippen molar-refractivity contribution in [3.05, 3.63) is 34.9 Å². The summed E-state index contributed by atoms with van der Waals surface area (Å²) >= 11 is 0. The Balaban J connectivity index is 2.88. The highest BCUT2D eigenvalue weighted by Gasteiger charge is 2.36. The lowest BCUT2D eigenvalue weighted by Gasteiger charge is -2.14. The number of halogens is 6. The summed E-state index contributed by atoms with van der Waals surface area (Å²) in [5, 5.41) is 0. The molecular formula is C14H16F6O. The molecule has 0 aliphatic heterocycles. The van der Waals surface area contributed by atoms with Gasteiger partial charge in [0.05, 0.1) is 17.7 Å². The first-order valence-electron chi connectivity index (χ1n) is 6.50. The molecule has 1 rings (SSSR count). The molecule has 0 saturated carbocycles. The topological polar surface area (TPSA) is 9.23 Å². The van der Waals surface area contributed by atoms with Crippen LogP contribution in [0.15, 0.2) is 18.2 Å². The van der Waals surface area contributed by atoms with Crippen LogP contribution in [0.25, 0.3) is 0 Å². The van der Waals surface area contributed by atoms with Crippen molar-refractivity contribution < 1.29 is 31.1 Å². The van der Waals surface area contributed by atoms with E-state index in [2.05, 4.69) is 0 Å². The van der Waals surface area contributed by atoms with Crippen molar-refractivity contribution in [1.82, 2.24) is 0 Å². The summed E-state index contributed by atoms with van der Waals surface area (Å²) < 4.78 is 80.8. The molecule has 0 saturated heterocycles. The average Bonchev–Trinajstić information content (AvgIpc) is 2.36. The maximum absolute atomic E-state index is 12.6. The highest BCUT2D eigenvalue weighted by atomic mass is 19.4. The van der Waals surface area contributed by atoms with Crippen molar-refractivity contribution in [3.63, 3.8) is 0 Å². The molecule has 0 unspecified atom stereocenters. The summed E-state index contributed by atoms with van der Waals surface area (Å²) in [4.78, 5) is 0. The lowest BCUT2D eigenvalue weighted by atomic mass is 10.1. The van der Waals surface area contributed by atoms with E-state index in [1.165, 1.54) is 0 Å². The first-order valence-corrected chi connectivity index (χ1v) is 6.50. The van der Waals surface area contributed by atoms with Gasteiger partial charge in [0.1, 0.15) is 0 Å². The fourth-order valence-electron chi connectivity index (χ4n) is 1.75. The second kappa shape index (κ2) is 7.15. The standard InChI is InChI=1S/C14H16F6O/c1-2-3-4-5-21-9-10-6-11(13(15,16)17)8-12(7-10)14(18,19)20/h6-8H,2-5,9H2,1H3. The maximum atomic E-state index is 12.6. The zero-order valence-corrected chi connectivity index (χ0v) is 11.4. The molecule has 0 N–H and O–H groups in total. The van der Waals surface area contributed by atoms with Crippen molar-refractivity contribution in [2.75, 3.05) is 6.61 Å². The third-order valence-electron chi connectivity index (χ3n) is 2.81. The summed E-state index contributed by atoms with van der Waals surface area (Å²) in [5.74, 6) is 0. The molecule has 1 aromatic rings. The van der Waals surface area contributed by atoms with Gasteiger partial charge in [0, 0.05) is 6.61 Å². The molecule has 0 aliphatic rings. The molecule has 120 valence electrons. The quantitative estimate of drug-likeness (QED) is 0.502. The zero-order valence-electron chi connectivity index (χ0n) is 11.4. The average molecular weight is 314 g/mol. The molecule has 0 spiro atoms. The summed E-state index contributed by atoms with van der Waals surface area (Å²) in [6.07, 6.45) is -7.07. The number of benzene rings is 1. The van der Waals surface area contributed by atoms with Crippen molar-refractivity contribution in [3.8, 4) is 0 Å². The fraction of sp³-hybridized carbons (Fsp3) is 0.571. The van der Waals surface area contributed by atoms with Crippen LogP contribution >= 0.6 is 0 Å². The second-order valence-electron chi connectivity index (χ2n) is 4.67. The number of hydrogen-bond acceptors (Lipinski definition) is 1. The van der Waals surface area contributed by atoms with E-state index in [9.17, 15) is 26.3 Å². The van der Waals surface area contributed by atoms with Crippen molar-refractivity contribution >= 4 is 0 Å². The van der Waals surface area contributed by atoms with Gasteiger partial charge < -0.3 is 4.74 Å². The van der Waals surface area contributed by atoms with Gasteiger partial charge in [-0.25, -0.2) is 0 Å². The monoisotopic (exact) mass is 314 g/mol. The third kappa shape index (κ3) is 5.95. The Labute approximate surface area is 118 Å². The van der Waals surface area contributed by atoms with Gasteiger partial charge in [-0.15, -0.1) is 0 Å². The van der Waals surface area contributed by atoms with Gasteiger partial charge in [-0.2, -0.15) is 26.3 Å². The van der Waals surface area contributed by atoms with E-state index < -0.39 is 23.5 Å². The van der Waals surface area contributed by atoms with Gasteiger partial charge in [0.15, 0.2) is 0 Å². The number of ether oxygens (including phenoxy) is 1.